The Balaban J connectivity index is 1.69. The van der Waals surface area contributed by atoms with E-state index in [1.54, 1.807) is 0 Å². The molecule has 0 fully saturated rings. The summed E-state index contributed by atoms with van der Waals surface area (Å²) < 4.78 is 40.9. The van der Waals surface area contributed by atoms with E-state index in [9.17, 15) is 17.6 Å². The molecule has 0 atom stereocenters. The molecule has 3 aromatic carbocycles. The topological polar surface area (TPSA) is 84.5 Å². The second-order valence-electron chi connectivity index (χ2n) is 5.82. The highest BCUT2D eigenvalue weighted by atomic mass is 32.2. The normalized spacial score (nSPS) is 11.0. The van der Waals surface area contributed by atoms with Crippen molar-refractivity contribution in [2.24, 2.45) is 0 Å². The maximum Gasteiger partial charge on any atom is 0.274 e. The molecule has 28 heavy (non-hydrogen) atoms. The lowest BCUT2D eigenvalue weighted by molar-refractivity contribution is 0.0233. The minimum absolute atomic E-state index is 0.0875. The van der Waals surface area contributed by atoms with E-state index < -0.39 is 21.7 Å². The Labute approximate surface area is 162 Å². The summed E-state index contributed by atoms with van der Waals surface area (Å²) in [6.45, 7) is 0.166. The highest BCUT2D eigenvalue weighted by Crippen LogP contribution is 2.19. The second kappa shape index (κ2) is 8.64. The molecule has 0 spiro atoms. The van der Waals surface area contributed by atoms with Crippen molar-refractivity contribution in [3.63, 3.8) is 0 Å². The molecule has 0 aliphatic rings. The third-order valence-electron chi connectivity index (χ3n) is 3.77. The van der Waals surface area contributed by atoms with Crippen molar-refractivity contribution in [3.8, 4) is 0 Å². The molecular weight excluding hydrogens is 383 g/mol. The molecule has 0 aliphatic heterocycles. The molecule has 0 aliphatic carbocycles. The van der Waals surface area contributed by atoms with Crippen LogP contribution in [0.1, 0.15) is 15.9 Å². The molecule has 0 aromatic heterocycles. The number of sulfonamides is 1. The van der Waals surface area contributed by atoms with E-state index in [0.29, 0.717) is 0 Å². The van der Waals surface area contributed by atoms with Gasteiger partial charge in [0.1, 0.15) is 5.82 Å². The first-order valence-electron chi connectivity index (χ1n) is 8.29. The number of hydrogen-bond donors (Lipinski definition) is 2. The van der Waals surface area contributed by atoms with Gasteiger partial charge in [-0.1, -0.05) is 48.5 Å². The molecule has 0 unspecified atom stereocenters. The lowest BCUT2D eigenvalue weighted by atomic mass is 10.2. The number of nitrogens with one attached hydrogen (secondary N) is 2. The smallest absolute Gasteiger partial charge is 0.274 e. The first-order valence-corrected chi connectivity index (χ1v) is 9.77. The minimum Gasteiger partial charge on any atom is -0.277 e. The summed E-state index contributed by atoms with van der Waals surface area (Å²) in [6, 6.07) is 20.0. The van der Waals surface area contributed by atoms with Crippen LogP contribution in [0.2, 0.25) is 0 Å². The van der Waals surface area contributed by atoms with Crippen LogP contribution in [0.3, 0.4) is 0 Å². The Morgan fingerprint density at radius 2 is 1.64 bits per heavy atom. The number of amides is 1. The van der Waals surface area contributed by atoms with Crippen LogP contribution in [-0.2, 0) is 21.5 Å². The number of anilines is 1. The summed E-state index contributed by atoms with van der Waals surface area (Å²) >= 11 is 0. The van der Waals surface area contributed by atoms with Gasteiger partial charge in [-0.2, -0.15) is 0 Å². The van der Waals surface area contributed by atoms with Gasteiger partial charge in [-0.15, -0.1) is 0 Å². The quantitative estimate of drug-likeness (QED) is 0.595. The molecular formula is C20H17FN2O4S. The van der Waals surface area contributed by atoms with Crippen LogP contribution in [0.5, 0.6) is 0 Å². The number of hydroxylamine groups is 1. The summed E-state index contributed by atoms with van der Waals surface area (Å²) in [7, 11) is -4.07. The van der Waals surface area contributed by atoms with Crippen molar-refractivity contribution < 1.29 is 22.4 Å². The standard InChI is InChI=1S/C20H17FN2O4S/c21-18-11-4-5-12-19(18)23-28(25,26)17-10-6-9-16(13-17)20(24)22-27-14-15-7-2-1-3-8-15/h1-13,23H,14H2,(H,22,24). The first-order chi connectivity index (χ1) is 13.5. The van der Waals surface area contributed by atoms with Crippen molar-refractivity contribution in [1.82, 2.24) is 5.48 Å². The van der Waals surface area contributed by atoms with E-state index in [0.717, 1.165) is 11.6 Å². The molecule has 1 amide bonds. The van der Waals surface area contributed by atoms with Gasteiger partial charge >= 0.3 is 0 Å². The zero-order valence-electron chi connectivity index (χ0n) is 14.6. The van der Waals surface area contributed by atoms with Gasteiger partial charge in [0.05, 0.1) is 17.2 Å². The SMILES string of the molecule is O=C(NOCc1ccccc1)c1cccc(S(=O)(=O)Nc2ccccc2F)c1. The van der Waals surface area contributed by atoms with Crippen LogP contribution in [0.25, 0.3) is 0 Å². The molecule has 0 saturated carbocycles. The molecule has 144 valence electrons. The van der Waals surface area contributed by atoms with Gasteiger partial charge in [-0.3, -0.25) is 14.4 Å². The number of rotatable bonds is 7. The lowest BCUT2D eigenvalue weighted by Crippen LogP contribution is -2.24. The maximum absolute atomic E-state index is 13.7. The first kappa shape index (κ1) is 19.5. The number of carbonyl (C=O) groups excluding carboxylic acids is 1. The Morgan fingerprint density at radius 1 is 0.929 bits per heavy atom. The number of benzene rings is 3. The van der Waals surface area contributed by atoms with E-state index in [4.69, 9.17) is 4.84 Å². The third kappa shape index (κ3) is 4.93. The summed E-state index contributed by atoms with van der Waals surface area (Å²) in [4.78, 5) is 17.2. The Hall–Kier alpha value is -3.23. The summed E-state index contributed by atoms with van der Waals surface area (Å²) in [5.74, 6) is -1.30. The van der Waals surface area contributed by atoms with E-state index in [1.165, 1.54) is 42.5 Å². The van der Waals surface area contributed by atoms with Gasteiger partial charge < -0.3 is 0 Å². The number of carbonyl (C=O) groups is 1. The van der Waals surface area contributed by atoms with E-state index in [-0.39, 0.29) is 22.8 Å². The number of hydrogen-bond acceptors (Lipinski definition) is 4. The van der Waals surface area contributed by atoms with Crippen LogP contribution in [0.15, 0.2) is 83.8 Å². The third-order valence-corrected chi connectivity index (χ3v) is 5.13. The van der Waals surface area contributed by atoms with Gasteiger partial charge in [-0.25, -0.2) is 18.3 Å². The van der Waals surface area contributed by atoms with Gasteiger partial charge in [0.15, 0.2) is 0 Å². The summed E-state index contributed by atoms with van der Waals surface area (Å²) in [6.07, 6.45) is 0. The summed E-state index contributed by atoms with van der Waals surface area (Å²) in [5.41, 5.74) is 3.05. The van der Waals surface area contributed by atoms with Crippen LogP contribution in [-0.4, -0.2) is 14.3 Å². The Kier molecular flexibility index (Phi) is 6.03. The highest BCUT2D eigenvalue weighted by molar-refractivity contribution is 7.92. The fourth-order valence-corrected chi connectivity index (χ4v) is 3.48. The van der Waals surface area contributed by atoms with E-state index >= 15 is 0 Å². The van der Waals surface area contributed by atoms with Crippen molar-refractivity contribution in [2.45, 2.75) is 11.5 Å². The maximum atomic E-state index is 13.7. The van der Waals surface area contributed by atoms with Crippen LogP contribution in [0.4, 0.5) is 10.1 Å². The molecule has 8 heteroatoms. The zero-order chi connectivity index (χ0) is 20.0. The number of halogens is 1. The molecule has 2 N–H and O–H groups in total. The predicted octanol–water partition coefficient (Wildman–Crippen LogP) is 3.49. The monoisotopic (exact) mass is 400 g/mol. The molecule has 3 rings (SSSR count). The van der Waals surface area contributed by atoms with Gasteiger partial charge in [0.25, 0.3) is 15.9 Å². The molecule has 0 saturated heterocycles. The van der Waals surface area contributed by atoms with Crippen molar-refractivity contribution in [3.05, 3.63) is 95.8 Å². The fraction of sp³-hybridized carbons (Fsp3) is 0.0500. The Morgan fingerprint density at radius 3 is 2.39 bits per heavy atom. The van der Waals surface area contributed by atoms with Crippen molar-refractivity contribution in [2.75, 3.05) is 4.72 Å². The fourth-order valence-electron chi connectivity index (χ4n) is 2.37. The minimum atomic E-state index is -4.07. The molecule has 0 heterocycles. The molecule has 0 bridgehead atoms. The lowest BCUT2D eigenvalue weighted by Gasteiger charge is -2.10. The molecule has 3 aromatic rings. The largest absolute Gasteiger partial charge is 0.277 e. The number of para-hydroxylation sites is 1. The van der Waals surface area contributed by atoms with Gasteiger partial charge in [-0.05, 0) is 35.9 Å². The van der Waals surface area contributed by atoms with Crippen molar-refractivity contribution in [1.29, 1.82) is 0 Å². The van der Waals surface area contributed by atoms with Gasteiger partial charge in [0, 0.05) is 5.56 Å². The molecule has 6 nitrogen and oxygen atoms in total. The van der Waals surface area contributed by atoms with Gasteiger partial charge in [0.2, 0.25) is 0 Å². The van der Waals surface area contributed by atoms with Crippen LogP contribution < -0.4 is 10.2 Å². The highest BCUT2D eigenvalue weighted by Gasteiger charge is 2.18. The van der Waals surface area contributed by atoms with E-state index in [1.807, 2.05) is 30.3 Å². The average Bonchev–Trinajstić information content (AvgIpc) is 2.70. The predicted molar refractivity (Wildman–Crippen MR) is 102 cm³/mol. The summed E-state index contributed by atoms with van der Waals surface area (Å²) in [5, 5.41) is 0. The average molecular weight is 400 g/mol. The van der Waals surface area contributed by atoms with Crippen molar-refractivity contribution >= 4 is 21.6 Å². The molecule has 0 radical (unpaired) electrons. The van der Waals surface area contributed by atoms with Crippen LogP contribution in [0, 0.1) is 5.82 Å². The van der Waals surface area contributed by atoms with Crippen LogP contribution >= 0.6 is 0 Å². The van der Waals surface area contributed by atoms with E-state index in [2.05, 4.69) is 10.2 Å². The Bertz CT molecular complexity index is 1070. The second-order valence-corrected chi connectivity index (χ2v) is 7.50. The zero-order valence-corrected chi connectivity index (χ0v) is 15.4.